The molecule has 2 nitrogen and oxygen atoms in total. The monoisotopic (exact) mass is 252 g/mol. The molecule has 2 saturated heterocycles. The van der Waals surface area contributed by atoms with Crippen molar-refractivity contribution in [1.29, 1.82) is 0 Å². The largest absolute Gasteiger partial charge is 0.316 e. The van der Waals surface area contributed by atoms with Gasteiger partial charge >= 0.3 is 0 Å². The van der Waals surface area contributed by atoms with E-state index < -0.39 is 0 Å². The highest BCUT2D eigenvalue weighted by molar-refractivity contribution is 4.93. The van der Waals surface area contributed by atoms with Gasteiger partial charge in [0.1, 0.15) is 0 Å². The minimum Gasteiger partial charge on any atom is -0.316 e. The maximum atomic E-state index is 3.66. The molecule has 2 rings (SSSR count). The lowest BCUT2D eigenvalue weighted by atomic mass is 9.76. The van der Waals surface area contributed by atoms with Crippen LogP contribution in [0.1, 0.15) is 65.7 Å². The lowest BCUT2D eigenvalue weighted by Gasteiger charge is -2.43. The topological polar surface area (TPSA) is 15.3 Å². The minimum absolute atomic E-state index is 0.568. The van der Waals surface area contributed by atoms with Crippen LogP contribution in [-0.4, -0.2) is 36.6 Å². The van der Waals surface area contributed by atoms with Crippen LogP contribution in [0.3, 0.4) is 0 Å². The Balaban J connectivity index is 2.02. The van der Waals surface area contributed by atoms with Gasteiger partial charge in [-0.2, -0.15) is 0 Å². The standard InChI is InChI=1S/C16H32N2/c1-4-9-16(10-6-11-17-12-16)13-18-14(3)7-8-15(18)5-2/h14-15,17H,4-13H2,1-3H3. The van der Waals surface area contributed by atoms with Gasteiger partial charge in [0.25, 0.3) is 0 Å². The molecule has 2 heteroatoms. The maximum absolute atomic E-state index is 3.66. The van der Waals surface area contributed by atoms with Gasteiger partial charge in [0.05, 0.1) is 0 Å². The fraction of sp³-hybridized carbons (Fsp3) is 1.00. The molecule has 2 aliphatic rings. The highest BCUT2D eigenvalue weighted by atomic mass is 15.2. The summed E-state index contributed by atoms with van der Waals surface area (Å²) in [5, 5.41) is 3.66. The van der Waals surface area contributed by atoms with Crippen molar-refractivity contribution in [3.63, 3.8) is 0 Å². The van der Waals surface area contributed by atoms with E-state index in [1.54, 1.807) is 0 Å². The summed E-state index contributed by atoms with van der Waals surface area (Å²) >= 11 is 0. The molecule has 0 aromatic carbocycles. The van der Waals surface area contributed by atoms with Gasteiger partial charge < -0.3 is 5.32 Å². The van der Waals surface area contributed by atoms with Crippen LogP contribution in [0.2, 0.25) is 0 Å². The Bertz CT molecular complexity index is 240. The van der Waals surface area contributed by atoms with E-state index in [0.717, 1.165) is 12.1 Å². The summed E-state index contributed by atoms with van der Waals surface area (Å²) in [6.45, 7) is 11.0. The number of likely N-dealkylation sites (tertiary alicyclic amines) is 1. The van der Waals surface area contributed by atoms with E-state index in [1.807, 2.05) is 0 Å². The first-order valence-electron chi connectivity index (χ1n) is 8.17. The van der Waals surface area contributed by atoms with Crippen LogP contribution in [0.5, 0.6) is 0 Å². The molecule has 1 N–H and O–H groups in total. The van der Waals surface area contributed by atoms with Gasteiger partial charge in [-0.15, -0.1) is 0 Å². The van der Waals surface area contributed by atoms with Gasteiger partial charge in [-0.3, -0.25) is 4.90 Å². The van der Waals surface area contributed by atoms with Crippen molar-refractivity contribution >= 4 is 0 Å². The Hall–Kier alpha value is -0.0800. The van der Waals surface area contributed by atoms with Crippen molar-refractivity contribution in [3.8, 4) is 0 Å². The first-order chi connectivity index (χ1) is 8.71. The normalized spacial score (nSPS) is 38.2. The predicted molar refractivity (Wildman–Crippen MR) is 78.9 cm³/mol. The Morgan fingerprint density at radius 2 is 2.11 bits per heavy atom. The molecule has 3 atom stereocenters. The fourth-order valence-corrected chi connectivity index (χ4v) is 4.22. The quantitative estimate of drug-likeness (QED) is 0.806. The van der Waals surface area contributed by atoms with Gasteiger partial charge in [-0.25, -0.2) is 0 Å². The van der Waals surface area contributed by atoms with Crippen LogP contribution in [0.4, 0.5) is 0 Å². The van der Waals surface area contributed by atoms with E-state index in [1.165, 1.54) is 64.6 Å². The third kappa shape index (κ3) is 3.08. The van der Waals surface area contributed by atoms with Crippen LogP contribution < -0.4 is 5.32 Å². The summed E-state index contributed by atoms with van der Waals surface area (Å²) in [5.74, 6) is 0. The van der Waals surface area contributed by atoms with E-state index >= 15 is 0 Å². The number of hydrogen-bond donors (Lipinski definition) is 1. The number of hydrogen-bond acceptors (Lipinski definition) is 2. The van der Waals surface area contributed by atoms with Crippen molar-refractivity contribution in [1.82, 2.24) is 10.2 Å². The first-order valence-corrected chi connectivity index (χ1v) is 8.17. The third-order valence-electron chi connectivity index (χ3n) is 5.28. The number of piperidine rings is 1. The molecule has 0 bridgehead atoms. The number of rotatable bonds is 5. The molecule has 0 amide bonds. The highest BCUT2D eigenvalue weighted by Crippen LogP contribution is 2.37. The average molecular weight is 252 g/mol. The van der Waals surface area contributed by atoms with Crippen molar-refractivity contribution in [3.05, 3.63) is 0 Å². The van der Waals surface area contributed by atoms with E-state index in [9.17, 15) is 0 Å². The fourth-order valence-electron chi connectivity index (χ4n) is 4.22. The minimum atomic E-state index is 0.568. The molecule has 0 aromatic rings. The van der Waals surface area contributed by atoms with Crippen LogP contribution in [0, 0.1) is 5.41 Å². The van der Waals surface area contributed by atoms with Crippen molar-refractivity contribution in [2.24, 2.45) is 5.41 Å². The summed E-state index contributed by atoms with van der Waals surface area (Å²) in [5.41, 5.74) is 0.568. The summed E-state index contributed by atoms with van der Waals surface area (Å²) in [7, 11) is 0. The van der Waals surface area contributed by atoms with Gasteiger partial charge in [0, 0.05) is 25.2 Å². The molecule has 0 aliphatic carbocycles. The first kappa shape index (κ1) is 14.3. The second-order valence-electron chi connectivity index (χ2n) is 6.69. The number of nitrogens with one attached hydrogen (secondary N) is 1. The molecular weight excluding hydrogens is 220 g/mol. The molecule has 0 aromatic heterocycles. The maximum Gasteiger partial charge on any atom is 0.00962 e. The van der Waals surface area contributed by atoms with E-state index in [-0.39, 0.29) is 0 Å². The smallest absolute Gasteiger partial charge is 0.00962 e. The summed E-state index contributed by atoms with van der Waals surface area (Å²) < 4.78 is 0. The molecule has 2 heterocycles. The van der Waals surface area contributed by atoms with Crippen LogP contribution >= 0.6 is 0 Å². The van der Waals surface area contributed by atoms with Crippen LogP contribution in [0.15, 0.2) is 0 Å². The second-order valence-corrected chi connectivity index (χ2v) is 6.69. The van der Waals surface area contributed by atoms with E-state index in [0.29, 0.717) is 5.41 Å². The molecule has 2 fully saturated rings. The summed E-state index contributed by atoms with van der Waals surface area (Å²) in [4.78, 5) is 2.84. The zero-order chi connectivity index (χ0) is 13.0. The third-order valence-corrected chi connectivity index (χ3v) is 5.28. The molecule has 0 saturated carbocycles. The Labute approximate surface area is 114 Å². The van der Waals surface area contributed by atoms with Gasteiger partial charge in [-0.1, -0.05) is 20.3 Å². The molecule has 0 radical (unpaired) electrons. The molecular formula is C16H32N2. The van der Waals surface area contributed by atoms with Crippen molar-refractivity contribution in [2.75, 3.05) is 19.6 Å². The second kappa shape index (κ2) is 6.38. The van der Waals surface area contributed by atoms with Gasteiger partial charge in [0.2, 0.25) is 0 Å². The summed E-state index contributed by atoms with van der Waals surface area (Å²) in [6, 6.07) is 1.67. The zero-order valence-electron chi connectivity index (χ0n) is 12.7. The predicted octanol–water partition coefficient (Wildman–Crippen LogP) is 3.42. The molecule has 106 valence electrons. The lowest BCUT2D eigenvalue weighted by molar-refractivity contribution is 0.0763. The average Bonchev–Trinajstić information content (AvgIpc) is 2.72. The Morgan fingerprint density at radius 3 is 2.72 bits per heavy atom. The molecule has 18 heavy (non-hydrogen) atoms. The molecule has 3 unspecified atom stereocenters. The van der Waals surface area contributed by atoms with Gasteiger partial charge in [0.15, 0.2) is 0 Å². The van der Waals surface area contributed by atoms with E-state index in [2.05, 4.69) is 31.0 Å². The van der Waals surface area contributed by atoms with E-state index in [4.69, 9.17) is 0 Å². The van der Waals surface area contributed by atoms with Crippen molar-refractivity contribution in [2.45, 2.75) is 77.8 Å². The SMILES string of the molecule is CCCC1(CN2C(C)CCC2CC)CCCNC1. The molecule has 0 spiro atoms. The molecule has 2 aliphatic heterocycles. The van der Waals surface area contributed by atoms with Crippen LogP contribution in [-0.2, 0) is 0 Å². The lowest BCUT2D eigenvalue weighted by Crippen LogP contribution is -2.50. The van der Waals surface area contributed by atoms with Gasteiger partial charge in [-0.05, 0) is 57.4 Å². The Morgan fingerprint density at radius 1 is 1.28 bits per heavy atom. The highest BCUT2D eigenvalue weighted by Gasteiger charge is 2.38. The summed E-state index contributed by atoms with van der Waals surface area (Å²) in [6.07, 6.45) is 9.72. The van der Waals surface area contributed by atoms with Crippen LogP contribution in [0.25, 0.3) is 0 Å². The Kier molecular flexibility index (Phi) is 5.08. The zero-order valence-corrected chi connectivity index (χ0v) is 12.7. The van der Waals surface area contributed by atoms with Crippen molar-refractivity contribution < 1.29 is 0 Å². The number of nitrogens with zero attached hydrogens (tertiary/aromatic N) is 1.